The normalized spacial score (nSPS) is 25.4. The fourth-order valence-electron chi connectivity index (χ4n) is 2.00. The van der Waals surface area contributed by atoms with Gasteiger partial charge in [0.15, 0.2) is 0 Å². The molecule has 1 fully saturated rings. The number of aliphatic hydroxyl groups excluding tert-OH is 1. The molecule has 0 saturated carbocycles. The van der Waals surface area contributed by atoms with Gasteiger partial charge in [0.05, 0.1) is 6.61 Å². The van der Waals surface area contributed by atoms with E-state index in [9.17, 15) is 0 Å². The maximum Gasteiger partial charge on any atom is 0.0584 e. The zero-order chi connectivity index (χ0) is 10.5. The molecule has 1 aliphatic rings. The second-order valence-corrected chi connectivity index (χ2v) is 4.07. The molecule has 3 heteroatoms. The van der Waals surface area contributed by atoms with Crippen LogP contribution in [0.1, 0.15) is 12.8 Å². The minimum atomic E-state index is 0.252. The van der Waals surface area contributed by atoms with Gasteiger partial charge in [-0.25, -0.2) is 0 Å². The number of benzene rings is 1. The van der Waals surface area contributed by atoms with Gasteiger partial charge in [0.25, 0.3) is 0 Å². The Balaban J connectivity index is 1.75. The van der Waals surface area contributed by atoms with E-state index in [4.69, 9.17) is 5.11 Å². The van der Waals surface area contributed by atoms with Crippen molar-refractivity contribution in [2.24, 2.45) is 0 Å². The fraction of sp³-hybridized carbons (Fsp3) is 0.500. The molecule has 0 spiro atoms. The van der Waals surface area contributed by atoms with Crippen LogP contribution in [0.2, 0.25) is 0 Å². The highest BCUT2D eigenvalue weighted by atomic mass is 16.3. The first-order chi connectivity index (χ1) is 7.38. The van der Waals surface area contributed by atoms with Crippen molar-refractivity contribution < 1.29 is 5.11 Å². The molecule has 2 atom stereocenters. The predicted octanol–water partition coefficient (Wildman–Crippen LogP) is 1.21. The number of hydrogen-bond acceptors (Lipinski definition) is 3. The van der Waals surface area contributed by atoms with E-state index in [1.54, 1.807) is 0 Å². The molecule has 1 aliphatic heterocycles. The number of hydrogen-bond donors (Lipinski definition) is 3. The summed E-state index contributed by atoms with van der Waals surface area (Å²) in [6.07, 6.45) is 2.22. The monoisotopic (exact) mass is 206 g/mol. The first-order valence-corrected chi connectivity index (χ1v) is 5.54. The van der Waals surface area contributed by atoms with Gasteiger partial charge in [-0.05, 0) is 25.0 Å². The lowest BCUT2D eigenvalue weighted by Gasteiger charge is -2.14. The summed E-state index contributed by atoms with van der Waals surface area (Å²) in [4.78, 5) is 0. The smallest absolute Gasteiger partial charge is 0.0584 e. The molecule has 1 aromatic rings. The van der Waals surface area contributed by atoms with Gasteiger partial charge in [0.1, 0.15) is 0 Å². The Morgan fingerprint density at radius 3 is 2.60 bits per heavy atom. The van der Waals surface area contributed by atoms with Gasteiger partial charge in [-0.2, -0.15) is 0 Å². The quantitative estimate of drug-likeness (QED) is 0.694. The van der Waals surface area contributed by atoms with E-state index in [1.807, 2.05) is 18.2 Å². The average Bonchev–Trinajstić information content (AvgIpc) is 2.76. The van der Waals surface area contributed by atoms with Gasteiger partial charge < -0.3 is 15.7 Å². The van der Waals surface area contributed by atoms with Crippen LogP contribution >= 0.6 is 0 Å². The molecule has 0 radical (unpaired) electrons. The number of aliphatic hydroxyl groups is 1. The highest BCUT2D eigenvalue weighted by molar-refractivity contribution is 5.42. The van der Waals surface area contributed by atoms with Gasteiger partial charge in [0.2, 0.25) is 0 Å². The van der Waals surface area contributed by atoms with Gasteiger partial charge in [-0.15, -0.1) is 0 Å². The third-order valence-corrected chi connectivity index (χ3v) is 2.88. The molecule has 1 aromatic carbocycles. The molecule has 1 heterocycles. The summed E-state index contributed by atoms with van der Waals surface area (Å²) in [5.41, 5.74) is 1.16. The summed E-state index contributed by atoms with van der Waals surface area (Å²) in [5, 5.41) is 15.8. The van der Waals surface area contributed by atoms with Crippen molar-refractivity contribution in [3.05, 3.63) is 30.3 Å². The highest BCUT2D eigenvalue weighted by Crippen LogP contribution is 2.13. The van der Waals surface area contributed by atoms with Crippen molar-refractivity contribution in [2.45, 2.75) is 24.9 Å². The number of rotatable bonds is 4. The molecule has 3 N–H and O–H groups in total. The van der Waals surface area contributed by atoms with Gasteiger partial charge >= 0.3 is 0 Å². The molecule has 0 aromatic heterocycles. The third kappa shape index (κ3) is 2.94. The van der Waals surface area contributed by atoms with Crippen LogP contribution in [0.3, 0.4) is 0 Å². The van der Waals surface area contributed by atoms with Gasteiger partial charge in [-0.3, -0.25) is 0 Å². The Bertz CT molecular complexity index is 289. The van der Waals surface area contributed by atoms with Crippen LogP contribution in [0.4, 0.5) is 5.69 Å². The van der Waals surface area contributed by atoms with Crippen LogP contribution in [0, 0.1) is 0 Å². The zero-order valence-electron chi connectivity index (χ0n) is 8.82. The maximum atomic E-state index is 8.99. The second kappa shape index (κ2) is 5.14. The fourth-order valence-corrected chi connectivity index (χ4v) is 2.00. The van der Waals surface area contributed by atoms with E-state index >= 15 is 0 Å². The molecule has 2 unspecified atom stereocenters. The van der Waals surface area contributed by atoms with Crippen molar-refractivity contribution in [1.29, 1.82) is 0 Å². The van der Waals surface area contributed by atoms with Crippen molar-refractivity contribution in [2.75, 3.05) is 18.5 Å². The van der Waals surface area contributed by atoms with Crippen LogP contribution in [0.25, 0.3) is 0 Å². The van der Waals surface area contributed by atoms with Crippen molar-refractivity contribution in [3.63, 3.8) is 0 Å². The lowest BCUT2D eigenvalue weighted by Crippen LogP contribution is -2.36. The Morgan fingerprint density at radius 1 is 1.20 bits per heavy atom. The third-order valence-electron chi connectivity index (χ3n) is 2.88. The van der Waals surface area contributed by atoms with E-state index in [1.165, 1.54) is 0 Å². The number of nitrogens with one attached hydrogen (secondary N) is 2. The molecule has 3 nitrogen and oxygen atoms in total. The van der Waals surface area contributed by atoms with Crippen molar-refractivity contribution >= 4 is 5.69 Å². The Labute approximate surface area is 90.5 Å². The minimum absolute atomic E-state index is 0.252. The van der Waals surface area contributed by atoms with Crippen LogP contribution in [0.15, 0.2) is 30.3 Å². The number of para-hydroxylation sites is 1. The minimum Gasteiger partial charge on any atom is -0.395 e. The molecular weight excluding hydrogens is 188 g/mol. The van der Waals surface area contributed by atoms with Crippen LogP contribution in [-0.4, -0.2) is 30.3 Å². The van der Waals surface area contributed by atoms with Crippen LogP contribution in [0.5, 0.6) is 0 Å². The standard InChI is InChI=1S/C12H18N2O/c15-9-12-7-6-11(14-12)8-13-10-4-2-1-3-5-10/h1-5,11-15H,6-9H2. The summed E-state index contributed by atoms with van der Waals surface area (Å²) in [6, 6.07) is 11.0. The van der Waals surface area contributed by atoms with E-state index in [0.29, 0.717) is 12.1 Å². The largest absolute Gasteiger partial charge is 0.395 e. The molecule has 0 amide bonds. The maximum absolute atomic E-state index is 8.99. The SMILES string of the molecule is OCC1CCC(CNc2ccccc2)N1. The molecule has 2 rings (SSSR count). The van der Waals surface area contributed by atoms with Gasteiger partial charge in [-0.1, -0.05) is 18.2 Å². The van der Waals surface area contributed by atoms with Crippen LogP contribution < -0.4 is 10.6 Å². The zero-order valence-corrected chi connectivity index (χ0v) is 8.82. The number of anilines is 1. The van der Waals surface area contributed by atoms with E-state index in [2.05, 4.69) is 22.8 Å². The highest BCUT2D eigenvalue weighted by Gasteiger charge is 2.22. The summed E-state index contributed by atoms with van der Waals surface area (Å²) in [6.45, 7) is 1.18. The lowest BCUT2D eigenvalue weighted by atomic mass is 10.2. The molecule has 15 heavy (non-hydrogen) atoms. The molecule has 1 saturated heterocycles. The average molecular weight is 206 g/mol. The Morgan fingerprint density at radius 2 is 1.93 bits per heavy atom. The Hall–Kier alpha value is -1.06. The Kier molecular flexibility index (Phi) is 3.59. The summed E-state index contributed by atoms with van der Waals surface area (Å²) in [5.74, 6) is 0. The molecule has 82 valence electrons. The first kappa shape index (κ1) is 10.5. The molecular formula is C12H18N2O. The molecule has 0 bridgehead atoms. The van der Waals surface area contributed by atoms with Gasteiger partial charge in [0, 0.05) is 24.3 Å². The van der Waals surface area contributed by atoms with Crippen LogP contribution in [-0.2, 0) is 0 Å². The first-order valence-electron chi connectivity index (χ1n) is 5.54. The van der Waals surface area contributed by atoms with E-state index < -0.39 is 0 Å². The summed E-state index contributed by atoms with van der Waals surface area (Å²) >= 11 is 0. The summed E-state index contributed by atoms with van der Waals surface area (Å²) in [7, 11) is 0. The lowest BCUT2D eigenvalue weighted by molar-refractivity contribution is 0.252. The predicted molar refractivity (Wildman–Crippen MR) is 62.0 cm³/mol. The topological polar surface area (TPSA) is 44.3 Å². The van der Waals surface area contributed by atoms with E-state index in [-0.39, 0.29) is 6.61 Å². The second-order valence-electron chi connectivity index (χ2n) is 4.07. The molecule has 0 aliphatic carbocycles. The van der Waals surface area contributed by atoms with Crippen molar-refractivity contribution in [1.82, 2.24) is 5.32 Å². The summed E-state index contributed by atoms with van der Waals surface area (Å²) < 4.78 is 0. The van der Waals surface area contributed by atoms with Crippen molar-refractivity contribution in [3.8, 4) is 0 Å². The van der Waals surface area contributed by atoms with E-state index in [0.717, 1.165) is 25.1 Å².